The van der Waals surface area contributed by atoms with Gasteiger partial charge in [-0.3, -0.25) is 33.6 Å². The van der Waals surface area contributed by atoms with Gasteiger partial charge in [0.25, 0.3) is 17.7 Å². The summed E-state index contributed by atoms with van der Waals surface area (Å²) in [6, 6.07) is 8.89. The molecule has 3 aromatic rings. The molecule has 1 aromatic heterocycles. The van der Waals surface area contributed by atoms with E-state index in [-0.39, 0.29) is 107 Å². The van der Waals surface area contributed by atoms with Crippen molar-refractivity contribution in [3.05, 3.63) is 87.5 Å². The lowest BCUT2D eigenvalue weighted by Crippen LogP contribution is -2.58. The van der Waals surface area contributed by atoms with Crippen LogP contribution in [0.4, 0.5) is 5.69 Å². The number of fused-ring (bicyclic) bond motifs is 4. The Hall–Kier alpha value is -6.07. The van der Waals surface area contributed by atoms with Gasteiger partial charge in [-0.2, -0.15) is 4.31 Å². The van der Waals surface area contributed by atoms with Gasteiger partial charge in [0.15, 0.2) is 0 Å². The van der Waals surface area contributed by atoms with Gasteiger partial charge in [0.05, 0.1) is 34.8 Å². The number of hydrogen-bond acceptors (Lipinski definition) is 13. The van der Waals surface area contributed by atoms with E-state index in [1.54, 1.807) is 30.4 Å². The summed E-state index contributed by atoms with van der Waals surface area (Å²) in [5.74, 6) is -2.52. The number of likely N-dealkylation sites (tertiary alicyclic amines) is 2. The van der Waals surface area contributed by atoms with Crippen molar-refractivity contribution in [1.82, 2.24) is 56.0 Å². The van der Waals surface area contributed by atoms with Gasteiger partial charge in [0.2, 0.25) is 33.7 Å². The molecule has 5 aliphatic heterocycles. The summed E-state index contributed by atoms with van der Waals surface area (Å²) < 4.78 is 29.7. The van der Waals surface area contributed by atoms with Crippen LogP contribution in [-0.2, 0) is 42.0 Å². The molecule has 6 heterocycles. The smallest absolute Gasteiger partial charge is 0.270 e. The van der Waals surface area contributed by atoms with Crippen LogP contribution in [0, 0.1) is 11.8 Å². The summed E-state index contributed by atoms with van der Waals surface area (Å²) >= 11 is 6.44. The maximum absolute atomic E-state index is 14.8. The van der Waals surface area contributed by atoms with E-state index in [9.17, 15) is 42.0 Å². The number of nitrogens with zero attached hydrogens (tertiary/aromatic N) is 5. The second kappa shape index (κ2) is 25.6. The Labute approximate surface area is 479 Å². The Morgan fingerprint density at radius 3 is 2.26 bits per heavy atom. The van der Waals surface area contributed by atoms with Crippen molar-refractivity contribution in [2.45, 2.75) is 164 Å². The number of benzene rings is 2. The van der Waals surface area contributed by atoms with E-state index in [0.717, 1.165) is 108 Å². The van der Waals surface area contributed by atoms with Crippen molar-refractivity contribution in [2.24, 2.45) is 11.8 Å². The normalized spacial score (nSPS) is 25.0. The lowest BCUT2D eigenvalue weighted by atomic mass is 9.83. The minimum Gasteiger partial charge on any atom is -0.351 e. The molecule has 0 spiro atoms. The summed E-state index contributed by atoms with van der Waals surface area (Å²) in [6.45, 7) is 4.26. The number of halogens is 1. The Morgan fingerprint density at radius 2 is 1.52 bits per heavy atom. The highest BCUT2D eigenvalue weighted by molar-refractivity contribution is 7.89. The van der Waals surface area contributed by atoms with E-state index in [1.165, 1.54) is 16.5 Å². The number of nitrogens with one attached hydrogen (secondary N) is 7. The van der Waals surface area contributed by atoms with Gasteiger partial charge in [0.1, 0.15) is 29.8 Å². The van der Waals surface area contributed by atoms with Crippen molar-refractivity contribution in [3.63, 3.8) is 0 Å². The fraction of sp³-hybridized carbons (Fsp3) is 0.603. The zero-order chi connectivity index (χ0) is 57.0. The number of amides is 7. The topological polar surface area (TPSA) is 273 Å². The van der Waals surface area contributed by atoms with Crippen molar-refractivity contribution in [1.29, 1.82) is 0 Å². The minimum absolute atomic E-state index is 0.00650. The Bertz CT molecular complexity index is 2980. The Morgan fingerprint density at radius 1 is 0.802 bits per heavy atom. The number of carbonyl (C=O) groups is 7. The zero-order valence-corrected chi connectivity index (χ0v) is 47.9. The highest BCUT2D eigenvalue weighted by Gasteiger charge is 2.49. The maximum Gasteiger partial charge on any atom is 0.270 e. The number of likely N-dealkylation sites (N-methyl/N-ethyl adjacent to an activating group) is 1. The fourth-order valence-corrected chi connectivity index (χ4v) is 16.3. The summed E-state index contributed by atoms with van der Waals surface area (Å²) in [5, 5.41) is 21.2. The molecule has 2 aliphatic carbocycles. The van der Waals surface area contributed by atoms with Crippen LogP contribution in [0.15, 0.2) is 48.8 Å². The van der Waals surface area contributed by atoms with Gasteiger partial charge in [-0.05, 0) is 158 Å². The number of carbonyl (C=O) groups excluding carboxylic acids is 7. The van der Waals surface area contributed by atoms with Gasteiger partial charge in [-0.25, -0.2) is 18.4 Å². The zero-order valence-electron chi connectivity index (χ0n) is 46.4. The predicted octanol–water partition coefficient (Wildman–Crippen LogP) is 3.78. The number of aromatic nitrogens is 2. The third kappa shape index (κ3) is 13.6. The Balaban J connectivity index is 0.688. The number of rotatable bonds is 19. The van der Waals surface area contributed by atoms with Gasteiger partial charge < -0.3 is 47.0 Å². The monoisotopic (exact) mass is 1150 g/mol. The van der Waals surface area contributed by atoms with Crippen molar-refractivity contribution < 1.29 is 42.0 Å². The third-order valence-electron chi connectivity index (χ3n) is 18.0. The molecule has 2 bridgehead atoms. The molecule has 7 N–H and O–H groups in total. The van der Waals surface area contributed by atoms with Crippen LogP contribution < -0.4 is 37.2 Å². The fourth-order valence-electron chi connectivity index (χ4n) is 13.7. The molecule has 1 saturated carbocycles. The highest BCUT2D eigenvalue weighted by atomic mass is 35.5. The average Bonchev–Trinajstić information content (AvgIpc) is 4.36. The molecule has 7 aliphatic rings. The molecule has 1 unspecified atom stereocenters. The van der Waals surface area contributed by atoms with Crippen molar-refractivity contribution in [3.8, 4) is 0 Å². The van der Waals surface area contributed by atoms with Crippen molar-refractivity contribution >= 4 is 68.7 Å². The Kier molecular flexibility index (Phi) is 18.4. The molecule has 8 atom stereocenters. The van der Waals surface area contributed by atoms with Gasteiger partial charge in [-0.1, -0.05) is 55.1 Å². The summed E-state index contributed by atoms with van der Waals surface area (Å²) in [4.78, 5) is 107. The quantitative estimate of drug-likeness (QED) is 0.0844. The first-order chi connectivity index (χ1) is 39.0. The molecule has 436 valence electrons. The highest BCUT2D eigenvalue weighted by Crippen LogP contribution is 2.40. The summed E-state index contributed by atoms with van der Waals surface area (Å²) in [6.07, 6.45) is 13.1. The maximum atomic E-state index is 14.8. The summed E-state index contributed by atoms with van der Waals surface area (Å²) in [7, 11) is -1.87. The molecule has 2 aromatic carbocycles. The molecule has 10 rings (SSSR count). The number of aryl methyl sites for hydroxylation is 1. The van der Waals surface area contributed by atoms with E-state index in [2.05, 4.69) is 58.2 Å². The first-order valence-corrected chi connectivity index (χ1v) is 31.2. The molecular weight excluding hydrogens is 1080 g/mol. The number of anilines is 1. The molecular formula is C58H77ClN12O9S. The van der Waals surface area contributed by atoms with Gasteiger partial charge in [0, 0.05) is 49.0 Å². The van der Waals surface area contributed by atoms with Gasteiger partial charge >= 0.3 is 0 Å². The van der Waals surface area contributed by atoms with E-state index in [4.69, 9.17) is 11.6 Å². The SMILES string of the molecule is CN[C@@H](C)C(=O)N[C@H](C(=O)N1C[C@@H](NC(=O)c2cc(C(=O)NCCCN3CCC(CS(=O)(=O)N4[C@@H]5CC[C@H]4CC(NC(=O)c4cc6c(cc4Cl)NC(=O)C6)C5)CC3)ncn2)C[C@H]1C(=O)N[C@@H]1CCCc2ccccc21)C1CCCCC1. The number of piperidine rings is 2. The van der Waals surface area contributed by atoms with Crippen LogP contribution in [0.3, 0.4) is 0 Å². The molecule has 21 nitrogen and oxygen atoms in total. The van der Waals surface area contributed by atoms with E-state index in [0.29, 0.717) is 43.6 Å². The molecule has 23 heteroatoms. The summed E-state index contributed by atoms with van der Waals surface area (Å²) in [5.41, 5.74) is 3.84. The van der Waals surface area contributed by atoms with E-state index in [1.807, 2.05) is 18.2 Å². The van der Waals surface area contributed by atoms with Crippen LogP contribution in [0.5, 0.6) is 0 Å². The van der Waals surface area contributed by atoms with Crippen LogP contribution in [0.1, 0.15) is 157 Å². The number of sulfonamides is 1. The van der Waals surface area contributed by atoms with Crippen LogP contribution in [0.2, 0.25) is 5.02 Å². The molecule has 5 fully saturated rings. The minimum atomic E-state index is -3.55. The van der Waals surface area contributed by atoms with Gasteiger partial charge in [-0.15, -0.1) is 0 Å². The van der Waals surface area contributed by atoms with Crippen LogP contribution in [0.25, 0.3) is 0 Å². The lowest BCUT2D eigenvalue weighted by Gasteiger charge is -2.39. The molecule has 81 heavy (non-hydrogen) atoms. The van der Waals surface area contributed by atoms with E-state index >= 15 is 0 Å². The van der Waals surface area contributed by atoms with E-state index < -0.39 is 46.0 Å². The number of hydrogen-bond donors (Lipinski definition) is 7. The molecule has 7 amide bonds. The predicted molar refractivity (Wildman–Crippen MR) is 304 cm³/mol. The molecule has 4 saturated heterocycles. The largest absolute Gasteiger partial charge is 0.351 e. The average molecular weight is 1150 g/mol. The van der Waals surface area contributed by atoms with Crippen LogP contribution in [-0.4, -0.2) is 162 Å². The standard InChI is InChI=1S/C58H77ClN12O9S/c1-34(60-2)53(73)68-52(37-11-4-3-5-12-37)58(78)70-31-40(28-50(70)57(77)67-46-15-8-13-36-10-6-7-14-43(36)46)65-56(76)49-30-48(62-33-63-49)55(75)61-20-9-21-69-22-18-35(19-23-69)32-81(79,80)71-41-16-17-42(71)27-39(26-41)64-54(74)44-24-38-25-51(72)66-47(38)29-45(44)59/h6-7,10,14,24,29-30,33-35,37,39-42,46,50,52,60H,3-5,8-9,11-13,15-23,25-28,31-32H2,1-2H3,(H,61,75)(H,64,74)(H,65,76)(H,66,72)(H,67,77)(H,68,73)/t34-,39?,40-,41-,42+,46+,50-,52-/m0/s1. The van der Waals surface area contributed by atoms with Crippen molar-refractivity contribution in [2.75, 3.05) is 50.8 Å². The lowest BCUT2D eigenvalue weighted by molar-refractivity contribution is -0.143. The second-order valence-corrected chi connectivity index (χ2v) is 25.8. The second-order valence-electron chi connectivity index (χ2n) is 23.5. The molecule has 0 radical (unpaired) electrons. The first-order valence-electron chi connectivity index (χ1n) is 29.3. The third-order valence-corrected chi connectivity index (χ3v) is 20.5. The first kappa shape index (κ1) is 58.1. The van der Waals surface area contributed by atoms with Crippen LogP contribution >= 0.6 is 11.6 Å².